The highest BCUT2D eigenvalue weighted by molar-refractivity contribution is 7.90. The molecule has 0 aromatic heterocycles. The van der Waals surface area contributed by atoms with E-state index in [2.05, 4.69) is 73.0 Å². The molecule has 45 heteroatoms. The zero-order chi connectivity index (χ0) is 80.9. The van der Waals surface area contributed by atoms with Crippen LogP contribution in [-0.2, 0) is 79.3 Å². The average molecular weight is 1580 g/mol. The minimum absolute atomic E-state index is 0.00463. The van der Waals surface area contributed by atoms with Gasteiger partial charge in [0.25, 0.3) is 0 Å². The summed E-state index contributed by atoms with van der Waals surface area (Å²) in [6.45, 7) is 37.5. The molecule has 5 amide bonds. The van der Waals surface area contributed by atoms with Gasteiger partial charge in [-0.3, -0.25) is 42.9 Å². The maximum Gasteiger partial charge on any atom is 0.511 e. The molecule has 0 radical (unpaired) electrons. The SMILES string of the molecule is CC(=O)N1CCNCC1.CC(N)=O.CCO.CN.CNC(C)=O.CNC(C)=O.CNS(=O)(=O)C(F)(F)F.CNS(C)(=O)=O.CO.COCCN1CCOCC1.CS(=O)(=O)N1CCNCC1.CS(=O)[O-].NC(=O)CCNCCN1CCOCC1.OCCCN1CCNCC1.OCCN1CCNCC1. The van der Waals surface area contributed by atoms with Crippen LogP contribution in [0.1, 0.15) is 47.5 Å². The van der Waals surface area contributed by atoms with Gasteiger partial charge in [-0.25, -0.2) is 34.7 Å². The number of carbonyl (C=O) groups is 5. The molecule has 1 unspecified atom stereocenters. The summed E-state index contributed by atoms with van der Waals surface area (Å²) in [7, 11) is -1.43. The Labute approximate surface area is 610 Å². The van der Waals surface area contributed by atoms with Crippen molar-refractivity contribution in [2.24, 2.45) is 17.2 Å². The number of nitrogens with two attached hydrogens (primary N) is 3. The Bertz CT molecular complexity index is 2190. The third kappa shape index (κ3) is 103. The Morgan fingerprint density at radius 1 is 0.588 bits per heavy atom. The van der Waals surface area contributed by atoms with Crippen molar-refractivity contribution < 1.29 is 106 Å². The third-order valence-corrected chi connectivity index (χ3v) is 15.4. The molecule has 6 aliphatic rings. The molecule has 0 aromatic rings. The lowest BCUT2D eigenvalue weighted by Gasteiger charge is -2.26. The molecule has 6 saturated heterocycles. The van der Waals surface area contributed by atoms with E-state index in [-0.39, 0.29) is 36.1 Å². The van der Waals surface area contributed by atoms with Gasteiger partial charge in [0.15, 0.2) is 0 Å². The summed E-state index contributed by atoms with van der Waals surface area (Å²) in [6.07, 6.45) is 4.77. The maximum atomic E-state index is 11.2. The fourth-order valence-electron chi connectivity index (χ4n) is 6.82. The van der Waals surface area contributed by atoms with E-state index in [0.717, 1.165) is 214 Å². The Balaban J connectivity index is -0.000000133. The molecule has 0 bridgehead atoms. The number of rotatable bonds is 17. The first kappa shape index (κ1) is 117. The third-order valence-electron chi connectivity index (χ3n) is 12.2. The van der Waals surface area contributed by atoms with Crippen molar-refractivity contribution in [2.45, 2.75) is 53.0 Å². The number of aliphatic hydroxyl groups excluding tert-OH is 4. The molecular formula is C57H136F3N18O20S4-. The van der Waals surface area contributed by atoms with Crippen LogP contribution in [0, 0.1) is 0 Å². The fraction of sp³-hybridized carbons (Fsp3) is 0.912. The molecule has 0 spiro atoms. The molecule has 6 heterocycles. The number of sulfonamides is 3. The van der Waals surface area contributed by atoms with E-state index in [0.29, 0.717) is 46.3 Å². The molecule has 38 nitrogen and oxygen atoms in total. The minimum atomic E-state index is -5.19. The maximum absolute atomic E-state index is 11.2. The lowest BCUT2D eigenvalue weighted by molar-refractivity contribution is -0.129. The first-order valence-electron chi connectivity index (χ1n) is 32.7. The number of aliphatic hydroxyl groups is 4. The number of nitrogens with zero attached hydrogens (tertiary/aromatic N) is 6. The Hall–Kier alpha value is -3.70. The van der Waals surface area contributed by atoms with Crippen molar-refractivity contribution in [2.75, 3.05) is 291 Å². The monoisotopic (exact) mass is 1580 g/mol. The Kier molecular flexibility index (Phi) is 94.9. The quantitative estimate of drug-likeness (QED) is 0.0475. The second-order valence-corrected chi connectivity index (χ2v) is 27.2. The van der Waals surface area contributed by atoms with E-state index in [1.807, 2.05) is 4.90 Å². The van der Waals surface area contributed by atoms with E-state index in [1.165, 1.54) is 45.4 Å². The summed E-state index contributed by atoms with van der Waals surface area (Å²) in [5.41, 5.74) is 8.79. The van der Waals surface area contributed by atoms with Gasteiger partial charge < -0.3 is 103 Å². The molecule has 1 atom stereocenters. The van der Waals surface area contributed by atoms with Gasteiger partial charge in [0.05, 0.1) is 52.2 Å². The molecule has 19 N–H and O–H groups in total. The number of amides is 5. The molecule has 6 aliphatic heterocycles. The summed E-state index contributed by atoms with van der Waals surface area (Å²) < 4.78 is 133. The standard InChI is InChI=1S/C9H19N3O2.C7H16N2O.C7H15NO2.C6H12N2O.C6H14N2O.C5H12N2O2S.2C3H7NO.C2H4F3NO2S.C2H7NO2S.C2H5NO.C2H6O.CH5N.CH4O2S.CH4O/c10-9(13)1-2-11-3-4-12-5-7-14-8-6-12;10-7-1-4-9-5-2-8-3-6-9;1-9-5-2-8-3-6-10-7-4-8;1-6(9)8-4-2-7-3-5-8;9-6-5-8-3-1-7-2-4-8;1-10(8,9)7-4-2-6-3-5-7;2*1-3(5)4-2;1-6-9(7,8)2(3,4)5;1-3-6(2,4)5;1-2(3)4;1-2-3;1-2;1-4(2)3;1-2/h11H,1-8H2,(H2,10,13);8,10H,1-7H2;2-7H2,1H3;7H,2-5H2,1H3;7,9H,1-6H2;6H,2-5H2,1H3;2*1-2H3,(H,4,5);6H,1H3;3H,1-2H3;1H3,(H2,3,4);3H,2H2,1H3;2H2,1H3;1H3,(H,2,3);2H,1H3/p-1. The van der Waals surface area contributed by atoms with Crippen LogP contribution in [0.3, 0.4) is 0 Å². The largest absolute Gasteiger partial charge is 0.773 e. The molecule has 620 valence electrons. The van der Waals surface area contributed by atoms with Gasteiger partial charge in [-0.15, -0.1) is 0 Å². The molecular weight excluding hydrogens is 1440 g/mol. The van der Waals surface area contributed by atoms with E-state index in [1.54, 1.807) is 35.1 Å². The number of hydrogen-bond donors (Lipinski definition) is 16. The number of β-amino-alcohol motifs (C(OH)–C–C–N with tert-alkyl or cyclic N) is 1. The number of ether oxygens (including phenoxy) is 3. The van der Waals surface area contributed by atoms with Gasteiger partial charge in [-0.2, -0.15) is 17.5 Å². The predicted octanol–water partition coefficient (Wildman–Crippen LogP) is -7.91. The van der Waals surface area contributed by atoms with Gasteiger partial charge in [0.2, 0.25) is 49.6 Å². The smallest absolute Gasteiger partial charge is 0.511 e. The number of piperazine rings is 4. The van der Waals surface area contributed by atoms with Crippen LogP contribution >= 0.6 is 0 Å². The lowest BCUT2D eigenvalue weighted by Crippen LogP contribution is -2.45. The number of morpholine rings is 2. The van der Waals surface area contributed by atoms with Crippen LogP contribution in [-0.4, -0.2) is 410 Å². The van der Waals surface area contributed by atoms with Crippen LogP contribution in [0.4, 0.5) is 13.2 Å². The van der Waals surface area contributed by atoms with Crippen molar-refractivity contribution in [3.05, 3.63) is 0 Å². The molecule has 0 aliphatic carbocycles. The molecule has 6 fully saturated rings. The van der Waals surface area contributed by atoms with E-state index in [9.17, 15) is 62.4 Å². The average Bonchev–Trinajstić information content (AvgIpc) is 0.855. The number of nitrogens with one attached hydrogen (secondary N) is 9. The van der Waals surface area contributed by atoms with E-state index in [4.69, 9.17) is 49.1 Å². The van der Waals surface area contributed by atoms with Crippen LogP contribution in [0.25, 0.3) is 0 Å². The molecule has 6 rings (SSSR count). The van der Waals surface area contributed by atoms with Gasteiger partial charge >= 0.3 is 15.5 Å². The van der Waals surface area contributed by atoms with Crippen LogP contribution in [0.5, 0.6) is 0 Å². The number of halogens is 3. The van der Waals surface area contributed by atoms with Crippen LogP contribution in [0.2, 0.25) is 0 Å². The van der Waals surface area contributed by atoms with Gasteiger partial charge in [0, 0.05) is 246 Å². The lowest BCUT2D eigenvalue weighted by atomic mass is 10.3. The van der Waals surface area contributed by atoms with Gasteiger partial charge in [-0.1, -0.05) is 11.1 Å². The van der Waals surface area contributed by atoms with Crippen LogP contribution < -0.4 is 63.9 Å². The Morgan fingerprint density at radius 3 is 1.14 bits per heavy atom. The molecule has 0 aromatic carbocycles. The zero-order valence-electron chi connectivity index (χ0n) is 63.5. The van der Waals surface area contributed by atoms with Crippen molar-refractivity contribution in [3.63, 3.8) is 0 Å². The number of primary amides is 2. The number of methoxy groups -OCH3 is 1. The molecule has 102 heavy (non-hydrogen) atoms. The number of hydrogen-bond acceptors (Lipinski definition) is 30. The number of carbonyl (C=O) groups excluding carboxylic acids is 5. The highest BCUT2D eigenvalue weighted by Crippen LogP contribution is 2.20. The second-order valence-electron chi connectivity index (χ2n) is 20.6. The highest BCUT2D eigenvalue weighted by Gasteiger charge is 2.44. The minimum Gasteiger partial charge on any atom is -0.773 e. The predicted molar refractivity (Wildman–Crippen MR) is 393 cm³/mol. The second kappa shape index (κ2) is 82.9. The van der Waals surface area contributed by atoms with Crippen molar-refractivity contribution in [1.82, 2.24) is 75.5 Å². The van der Waals surface area contributed by atoms with Gasteiger partial charge in [-0.05, 0) is 40.7 Å². The van der Waals surface area contributed by atoms with E-state index < -0.39 is 46.7 Å². The fourth-order valence-corrected chi connectivity index (χ4v) is 7.90. The van der Waals surface area contributed by atoms with Crippen molar-refractivity contribution in [3.8, 4) is 0 Å². The summed E-state index contributed by atoms with van der Waals surface area (Å²) in [6, 6.07) is 0. The van der Waals surface area contributed by atoms with E-state index >= 15 is 0 Å². The first-order valence-corrected chi connectivity index (χ1v) is 39.4. The topological polar surface area (TPSA) is 542 Å². The summed E-state index contributed by atoms with van der Waals surface area (Å²) in [5, 5.41) is 52.4. The first-order chi connectivity index (χ1) is 47.8. The van der Waals surface area contributed by atoms with Crippen molar-refractivity contribution in [1.29, 1.82) is 0 Å². The summed E-state index contributed by atoms with van der Waals surface area (Å²) >= 11 is -1.86. The Morgan fingerprint density at radius 2 is 0.902 bits per heavy atom. The highest BCUT2D eigenvalue weighted by atomic mass is 32.2. The van der Waals surface area contributed by atoms with Crippen LogP contribution in [0.15, 0.2) is 0 Å². The molecule has 0 saturated carbocycles. The normalized spacial score (nSPS) is 16.4. The summed E-state index contributed by atoms with van der Waals surface area (Å²) in [4.78, 5) is 60.9. The van der Waals surface area contributed by atoms with Crippen molar-refractivity contribution >= 4 is 70.7 Å². The van der Waals surface area contributed by atoms with Gasteiger partial charge in [0.1, 0.15) is 0 Å². The summed E-state index contributed by atoms with van der Waals surface area (Å²) in [5.74, 6) is -0.379. The number of alkyl halides is 3. The zero-order valence-corrected chi connectivity index (χ0v) is 66.7.